The maximum absolute atomic E-state index is 12.4. The minimum atomic E-state index is -0.337. The lowest BCUT2D eigenvalue weighted by molar-refractivity contribution is -0.116. The van der Waals surface area contributed by atoms with Crippen molar-refractivity contribution in [3.8, 4) is 0 Å². The Bertz CT molecular complexity index is 733. The highest BCUT2D eigenvalue weighted by Crippen LogP contribution is 2.21. The van der Waals surface area contributed by atoms with Crippen LogP contribution in [0.15, 0.2) is 54.6 Å². The van der Waals surface area contributed by atoms with Crippen LogP contribution in [0.3, 0.4) is 0 Å². The zero-order chi connectivity index (χ0) is 18.4. The van der Waals surface area contributed by atoms with Crippen molar-refractivity contribution in [2.75, 3.05) is 5.32 Å². The van der Waals surface area contributed by atoms with Gasteiger partial charge in [-0.1, -0.05) is 49.4 Å². The SMILES string of the molecule is CC(CC(=O)Nc1ccccc1C(=O)NC(C)(C)C)c1ccccc1. The largest absolute Gasteiger partial charge is 0.347 e. The molecule has 0 aliphatic carbocycles. The molecule has 132 valence electrons. The van der Waals surface area contributed by atoms with Crippen molar-refractivity contribution in [1.82, 2.24) is 5.32 Å². The smallest absolute Gasteiger partial charge is 0.253 e. The van der Waals surface area contributed by atoms with Gasteiger partial charge in [0, 0.05) is 12.0 Å². The number of anilines is 1. The molecule has 2 rings (SSSR count). The van der Waals surface area contributed by atoms with Gasteiger partial charge >= 0.3 is 0 Å². The van der Waals surface area contributed by atoms with E-state index in [4.69, 9.17) is 0 Å². The van der Waals surface area contributed by atoms with Gasteiger partial charge in [-0.25, -0.2) is 0 Å². The van der Waals surface area contributed by atoms with Gasteiger partial charge in [0.1, 0.15) is 0 Å². The molecule has 25 heavy (non-hydrogen) atoms. The molecular weight excluding hydrogens is 312 g/mol. The Morgan fingerprint density at radius 2 is 1.56 bits per heavy atom. The summed E-state index contributed by atoms with van der Waals surface area (Å²) in [6.07, 6.45) is 0.360. The van der Waals surface area contributed by atoms with E-state index in [-0.39, 0.29) is 23.3 Å². The summed E-state index contributed by atoms with van der Waals surface area (Å²) >= 11 is 0. The van der Waals surface area contributed by atoms with Gasteiger partial charge < -0.3 is 10.6 Å². The second kappa shape index (κ2) is 7.97. The molecule has 0 saturated heterocycles. The van der Waals surface area contributed by atoms with Crippen molar-refractivity contribution in [3.05, 3.63) is 65.7 Å². The number of amides is 2. The molecule has 2 aromatic rings. The summed E-state index contributed by atoms with van der Waals surface area (Å²) in [5.74, 6) is -0.191. The summed E-state index contributed by atoms with van der Waals surface area (Å²) in [6, 6.07) is 17.0. The van der Waals surface area contributed by atoms with Gasteiger partial charge in [-0.3, -0.25) is 9.59 Å². The number of benzene rings is 2. The molecule has 1 atom stereocenters. The van der Waals surface area contributed by atoms with E-state index < -0.39 is 0 Å². The highest BCUT2D eigenvalue weighted by molar-refractivity contribution is 6.04. The molecule has 1 unspecified atom stereocenters. The predicted molar refractivity (Wildman–Crippen MR) is 102 cm³/mol. The van der Waals surface area contributed by atoms with Gasteiger partial charge in [0.2, 0.25) is 5.91 Å². The molecule has 2 amide bonds. The number of hydrogen-bond donors (Lipinski definition) is 2. The highest BCUT2D eigenvalue weighted by atomic mass is 16.2. The molecule has 4 nitrogen and oxygen atoms in total. The zero-order valence-electron chi connectivity index (χ0n) is 15.3. The lowest BCUT2D eigenvalue weighted by atomic mass is 9.97. The van der Waals surface area contributed by atoms with E-state index in [1.165, 1.54) is 0 Å². The van der Waals surface area contributed by atoms with Crippen LogP contribution >= 0.6 is 0 Å². The van der Waals surface area contributed by atoms with E-state index in [9.17, 15) is 9.59 Å². The predicted octanol–water partition coefficient (Wildman–Crippen LogP) is 4.35. The van der Waals surface area contributed by atoms with Crippen molar-refractivity contribution >= 4 is 17.5 Å². The van der Waals surface area contributed by atoms with Crippen molar-refractivity contribution in [1.29, 1.82) is 0 Å². The minimum Gasteiger partial charge on any atom is -0.347 e. The molecule has 0 spiro atoms. The van der Waals surface area contributed by atoms with E-state index in [0.29, 0.717) is 17.7 Å². The average Bonchev–Trinajstić information content (AvgIpc) is 2.54. The first kappa shape index (κ1) is 18.7. The van der Waals surface area contributed by atoms with Gasteiger partial charge in [0.15, 0.2) is 0 Å². The molecule has 0 fully saturated rings. The van der Waals surface area contributed by atoms with Crippen LogP contribution in [0.2, 0.25) is 0 Å². The second-order valence-corrected chi connectivity index (χ2v) is 7.31. The van der Waals surface area contributed by atoms with Crippen LogP contribution in [0.1, 0.15) is 56.0 Å². The average molecular weight is 338 g/mol. The van der Waals surface area contributed by atoms with Gasteiger partial charge in [-0.2, -0.15) is 0 Å². The van der Waals surface area contributed by atoms with Crippen LogP contribution in [0, 0.1) is 0 Å². The molecule has 0 aromatic heterocycles. The third-order valence-corrected chi connectivity index (χ3v) is 3.79. The maximum Gasteiger partial charge on any atom is 0.253 e. The molecule has 2 aromatic carbocycles. The van der Waals surface area contributed by atoms with Crippen LogP contribution < -0.4 is 10.6 Å². The first-order valence-corrected chi connectivity index (χ1v) is 8.52. The van der Waals surface area contributed by atoms with Crippen LogP contribution in [-0.4, -0.2) is 17.4 Å². The Morgan fingerprint density at radius 1 is 0.960 bits per heavy atom. The van der Waals surface area contributed by atoms with Gasteiger partial charge in [0.25, 0.3) is 5.91 Å². The first-order valence-electron chi connectivity index (χ1n) is 8.52. The lowest BCUT2D eigenvalue weighted by Crippen LogP contribution is -2.40. The minimum absolute atomic E-state index is 0.104. The molecule has 2 N–H and O–H groups in total. The van der Waals surface area contributed by atoms with E-state index in [0.717, 1.165) is 5.56 Å². The second-order valence-electron chi connectivity index (χ2n) is 7.31. The number of nitrogens with one attached hydrogen (secondary N) is 2. The quantitative estimate of drug-likeness (QED) is 0.851. The van der Waals surface area contributed by atoms with E-state index in [2.05, 4.69) is 10.6 Å². The summed E-state index contributed by atoms with van der Waals surface area (Å²) in [6.45, 7) is 7.79. The summed E-state index contributed by atoms with van der Waals surface area (Å²) < 4.78 is 0. The Morgan fingerprint density at radius 3 is 2.20 bits per heavy atom. The molecule has 0 aliphatic rings. The van der Waals surface area contributed by atoms with Crippen LogP contribution in [0.25, 0.3) is 0 Å². The normalized spacial score (nSPS) is 12.3. The molecular formula is C21H26N2O2. The topological polar surface area (TPSA) is 58.2 Å². The van der Waals surface area contributed by atoms with Crippen molar-refractivity contribution in [2.45, 2.75) is 45.6 Å². The van der Waals surface area contributed by atoms with Crippen LogP contribution in [0.4, 0.5) is 5.69 Å². The summed E-state index contributed by atoms with van der Waals surface area (Å²) in [5.41, 5.74) is 1.79. The van der Waals surface area contributed by atoms with Gasteiger partial charge in [0.05, 0.1) is 11.3 Å². The summed E-state index contributed by atoms with van der Waals surface area (Å²) in [5, 5.41) is 5.80. The fourth-order valence-electron chi connectivity index (χ4n) is 2.58. The van der Waals surface area contributed by atoms with Gasteiger partial charge in [-0.05, 0) is 44.4 Å². The first-order chi connectivity index (χ1) is 11.8. The Balaban J connectivity index is 2.07. The summed E-state index contributed by atoms with van der Waals surface area (Å²) in [4.78, 5) is 24.9. The monoisotopic (exact) mass is 338 g/mol. The third kappa shape index (κ3) is 5.75. The summed E-state index contributed by atoms with van der Waals surface area (Å²) in [7, 11) is 0. The van der Waals surface area contributed by atoms with Crippen molar-refractivity contribution in [3.63, 3.8) is 0 Å². The van der Waals surface area contributed by atoms with E-state index >= 15 is 0 Å². The molecule has 4 heteroatoms. The van der Waals surface area contributed by atoms with Crippen LogP contribution in [0.5, 0.6) is 0 Å². The molecule has 0 aliphatic heterocycles. The Kier molecular flexibility index (Phi) is 5.97. The zero-order valence-corrected chi connectivity index (χ0v) is 15.3. The number of rotatable bonds is 5. The highest BCUT2D eigenvalue weighted by Gasteiger charge is 2.19. The van der Waals surface area contributed by atoms with Crippen LogP contribution in [-0.2, 0) is 4.79 Å². The molecule has 0 saturated carbocycles. The fourth-order valence-corrected chi connectivity index (χ4v) is 2.58. The standard InChI is InChI=1S/C21H26N2O2/c1-15(16-10-6-5-7-11-16)14-19(24)22-18-13-9-8-12-17(18)20(25)23-21(2,3)4/h5-13,15H,14H2,1-4H3,(H,22,24)(H,23,25). The number of hydrogen-bond acceptors (Lipinski definition) is 2. The van der Waals surface area contributed by atoms with E-state index in [1.807, 2.05) is 64.1 Å². The van der Waals surface area contributed by atoms with Crippen molar-refractivity contribution in [2.24, 2.45) is 0 Å². The number of carbonyl (C=O) groups is 2. The lowest BCUT2D eigenvalue weighted by Gasteiger charge is -2.21. The van der Waals surface area contributed by atoms with Crippen molar-refractivity contribution < 1.29 is 9.59 Å². The Hall–Kier alpha value is -2.62. The Labute approximate surface area is 149 Å². The van der Waals surface area contributed by atoms with Gasteiger partial charge in [-0.15, -0.1) is 0 Å². The fraction of sp³-hybridized carbons (Fsp3) is 0.333. The third-order valence-electron chi connectivity index (χ3n) is 3.79. The molecule has 0 heterocycles. The number of carbonyl (C=O) groups excluding carboxylic acids is 2. The maximum atomic E-state index is 12.4. The van der Waals surface area contributed by atoms with E-state index in [1.54, 1.807) is 18.2 Å². The number of para-hydroxylation sites is 1. The molecule has 0 bridgehead atoms. The molecule has 0 radical (unpaired) electrons.